The fourth-order valence-electron chi connectivity index (χ4n) is 1.93. The van der Waals surface area contributed by atoms with Crippen molar-refractivity contribution >= 4 is 43.5 Å². The van der Waals surface area contributed by atoms with Gasteiger partial charge in [-0.25, -0.2) is 0 Å². The quantitative estimate of drug-likeness (QED) is 0.558. The van der Waals surface area contributed by atoms with Crippen LogP contribution in [0.2, 0.25) is 5.02 Å². The van der Waals surface area contributed by atoms with E-state index in [2.05, 4.69) is 63.0 Å². The molecule has 0 saturated carbocycles. The lowest BCUT2D eigenvalue weighted by Gasteiger charge is -2.12. The molecule has 0 fully saturated rings. The molecular formula is C15H13Br2Cl. The normalized spacial score (nSPS) is 12.4. The lowest BCUT2D eigenvalue weighted by Crippen LogP contribution is -1.96. The van der Waals surface area contributed by atoms with E-state index in [0.29, 0.717) is 0 Å². The molecule has 0 aliphatic heterocycles. The number of hydrogen-bond donors (Lipinski definition) is 0. The van der Waals surface area contributed by atoms with Crippen molar-refractivity contribution in [3.63, 3.8) is 0 Å². The average molecular weight is 389 g/mol. The summed E-state index contributed by atoms with van der Waals surface area (Å²) in [6.45, 7) is 2.06. The van der Waals surface area contributed by atoms with E-state index >= 15 is 0 Å². The predicted molar refractivity (Wildman–Crippen MR) is 85.7 cm³/mol. The van der Waals surface area contributed by atoms with Crippen LogP contribution >= 0.6 is 43.5 Å². The molecule has 2 aromatic rings. The predicted octanol–water partition coefficient (Wildman–Crippen LogP) is 6.09. The van der Waals surface area contributed by atoms with Gasteiger partial charge in [-0.15, -0.1) is 0 Å². The molecule has 0 bridgehead atoms. The number of hydrogen-bond acceptors (Lipinski definition) is 0. The average Bonchev–Trinajstić information content (AvgIpc) is 2.27. The third kappa shape index (κ3) is 3.84. The van der Waals surface area contributed by atoms with Crippen molar-refractivity contribution in [1.29, 1.82) is 0 Å². The van der Waals surface area contributed by atoms with Crippen molar-refractivity contribution in [2.75, 3.05) is 0 Å². The Kier molecular flexibility index (Phi) is 4.88. The van der Waals surface area contributed by atoms with E-state index in [1.54, 1.807) is 0 Å². The topological polar surface area (TPSA) is 0 Å². The van der Waals surface area contributed by atoms with Crippen LogP contribution in [0.5, 0.6) is 0 Å². The maximum absolute atomic E-state index is 6.09. The summed E-state index contributed by atoms with van der Waals surface area (Å²) >= 11 is 13.3. The summed E-state index contributed by atoms with van der Waals surface area (Å²) in [6, 6.07) is 14.5. The van der Waals surface area contributed by atoms with Crippen LogP contribution in [0, 0.1) is 6.92 Å². The molecule has 0 spiro atoms. The van der Waals surface area contributed by atoms with Crippen LogP contribution in [-0.2, 0) is 6.42 Å². The van der Waals surface area contributed by atoms with Gasteiger partial charge in [0.05, 0.1) is 0 Å². The maximum Gasteiger partial charge on any atom is 0.0436 e. The van der Waals surface area contributed by atoms with Gasteiger partial charge in [0, 0.05) is 14.3 Å². The fraction of sp³-hybridized carbons (Fsp3) is 0.200. The standard InChI is InChI=1S/C15H13Br2Cl/c1-10-5-12(9-14(18)6-10)15(17)8-11-3-2-4-13(16)7-11/h2-7,9,15H,8H2,1H3. The SMILES string of the molecule is Cc1cc(Cl)cc(C(Br)Cc2cccc(Br)c2)c1. The molecule has 0 aromatic heterocycles. The van der Waals surface area contributed by atoms with Crippen molar-refractivity contribution in [3.8, 4) is 0 Å². The van der Waals surface area contributed by atoms with E-state index in [0.717, 1.165) is 15.9 Å². The van der Waals surface area contributed by atoms with Crippen LogP contribution in [0.25, 0.3) is 0 Å². The second kappa shape index (κ2) is 6.23. The highest BCUT2D eigenvalue weighted by atomic mass is 79.9. The van der Waals surface area contributed by atoms with Crippen LogP contribution < -0.4 is 0 Å². The summed E-state index contributed by atoms with van der Waals surface area (Å²) in [5.41, 5.74) is 3.71. The molecular weight excluding hydrogens is 375 g/mol. The van der Waals surface area contributed by atoms with Crippen LogP contribution in [0.4, 0.5) is 0 Å². The molecule has 0 radical (unpaired) electrons. The third-order valence-corrected chi connectivity index (χ3v) is 4.29. The lowest BCUT2D eigenvalue weighted by molar-refractivity contribution is 0.946. The minimum Gasteiger partial charge on any atom is -0.0843 e. The monoisotopic (exact) mass is 386 g/mol. The second-order valence-corrected chi connectivity index (χ2v) is 6.82. The zero-order chi connectivity index (χ0) is 13.1. The number of benzene rings is 2. The van der Waals surface area contributed by atoms with E-state index < -0.39 is 0 Å². The van der Waals surface area contributed by atoms with Gasteiger partial charge in [-0.1, -0.05) is 61.7 Å². The molecule has 0 nitrogen and oxygen atoms in total. The Labute approximate surface area is 130 Å². The Bertz CT molecular complexity index is 532. The molecule has 1 unspecified atom stereocenters. The summed E-state index contributed by atoms with van der Waals surface area (Å²) in [5.74, 6) is 0. The first-order valence-corrected chi connectivity index (χ1v) is 7.79. The maximum atomic E-state index is 6.09. The van der Waals surface area contributed by atoms with Crippen molar-refractivity contribution < 1.29 is 0 Å². The van der Waals surface area contributed by atoms with Gasteiger partial charge >= 0.3 is 0 Å². The largest absolute Gasteiger partial charge is 0.0843 e. The number of halogens is 3. The molecule has 0 aliphatic carbocycles. The van der Waals surface area contributed by atoms with Gasteiger partial charge in [-0.2, -0.15) is 0 Å². The van der Waals surface area contributed by atoms with E-state index in [1.807, 2.05) is 18.2 Å². The molecule has 3 heteroatoms. The molecule has 0 saturated heterocycles. The molecule has 0 heterocycles. The first-order valence-electron chi connectivity index (χ1n) is 5.70. The van der Waals surface area contributed by atoms with Gasteiger partial charge in [0.15, 0.2) is 0 Å². The molecule has 18 heavy (non-hydrogen) atoms. The molecule has 0 N–H and O–H groups in total. The van der Waals surface area contributed by atoms with Gasteiger partial charge in [0.25, 0.3) is 0 Å². The van der Waals surface area contributed by atoms with Gasteiger partial charge in [0.2, 0.25) is 0 Å². The minimum absolute atomic E-state index is 0.282. The van der Waals surface area contributed by atoms with E-state index in [-0.39, 0.29) is 4.83 Å². The summed E-state index contributed by atoms with van der Waals surface area (Å²) in [4.78, 5) is 0.282. The molecule has 94 valence electrons. The highest BCUT2D eigenvalue weighted by Gasteiger charge is 2.10. The summed E-state index contributed by atoms with van der Waals surface area (Å²) < 4.78 is 1.11. The smallest absolute Gasteiger partial charge is 0.0436 e. The fourth-order valence-corrected chi connectivity index (χ4v) is 3.32. The van der Waals surface area contributed by atoms with Crippen molar-refractivity contribution in [2.24, 2.45) is 0 Å². The van der Waals surface area contributed by atoms with E-state index in [4.69, 9.17) is 11.6 Å². The highest BCUT2D eigenvalue weighted by Crippen LogP contribution is 2.30. The van der Waals surface area contributed by atoms with Crippen LogP contribution in [0.1, 0.15) is 21.5 Å². The van der Waals surface area contributed by atoms with Crippen molar-refractivity contribution in [2.45, 2.75) is 18.2 Å². The number of alkyl halides is 1. The Morgan fingerprint density at radius 1 is 1.17 bits per heavy atom. The number of aryl methyl sites for hydroxylation is 1. The van der Waals surface area contributed by atoms with Crippen LogP contribution in [0.15, 0.2) is 46.9 Å². The Hall–Kier alpha value is -0.310. The van der Waals surface area contributed by atoms with Gasteiger partial charge in [0.1, 0.15) is 0 Å². The molecule has 1 atom stereocenters. The highest BCUT2D eigenvalue weighted by molar-refractivity contribution is 9.10. The summed E-state index contributed by atoms with van der Waals surface area (Å²) in [5, 5.41) is 0.795. The summed E-state index contributed by atoms with van der Waals surface area (Å²) in [6.07, 6.45) is 0.944. The van der Waals surface area contributed by atoms with E-state index in [1.165, 1.54) is 16.7 Å². The Morgan fingerprint density at radius 3 is 2.61 bits per heavy atom. The van der Waals surface area contributed by atoms with Crippen molar-refractivity contribution in [3.05, 3.63) is 68.7 Å². The van der Waals surface area contributed by atoms with Gasteiger partial charge in [-0.3, -0.25) is 0 Å². The Morgan fingerprint density at radius 2 is 1.94 bits per heavy atom. The van der Waals surface area contributed by atoms with E-state index in [9.17, 15) is 0 Å². The minimum atomic E-state index is 0.282. The van der Waals surface area contributed by atoms with Crippen LogP contribution in [-0.4, -0.2) is 0 Å². The molecule has 0 aliphatic rings. The second-order valence-electron chi connectivity index (χ2n) is 4.36. The first-order chi connectivity index (χ1) is 8.54. The molecule has 2 rings (SSSR count). The van der Waals surface area contributed by atoms with Crippen molar-refractivity contribution in [1.82, 2.24) is 0 Å². The molecule has 0 amide bonds. The van der Waals surface area contributed by atoms with Gasteiger partial charge in [-0.05, 0) is 54.3 Å². The Balaban J connectivity index is 2.19. The third-order valence-electron chi connectivity index (χ3n) is 2.73. The zero-order valence-corrected chi connectivity index (χ0v) is 13.9. The lowest BCUT2D eigenvalue weighted by atomic mass is 10.0. The molecule has 2 aromatic carbocycles. The number of rotatable bonds is 3. The van der Waals surface area contributed by atoms with Gasteiger partial charge < -0.3 is 0 Å². The first kappa shape index (κ1) is 14.1. The van der Waals surface area contributed by atoms with Crippen LogP contribution in [0.3, 0.4) is 0 Å². The zero-order valence-electron chi connectivity index (χ0n) is 9.96. The summed E-state index contributed by atoms with van der Waals surface area (Å²) in [7, 11) is 0.